The van der Waals surface area contributed by atoms with Gasteiger partial charge in [-0.25, -0.2) is 4.98 Å². The van der Waals surface area contributed by atoms with Crippen LogP contribution in [0, 0.1) is 6.92 Å². The first-order chi connectivity index (χ1) is 9.28. The highest BCUT2D eigenvalue weighted by Crippen LogP contribution is 2.30. The molecule has 1 aromatic heterocycles. The van der Waals surface area contributed by atoms with Gasteiger partial charge in [-0.1, -0.05) is 30.3 Å². The summed E-state index contributed by atoms with van der Waals surface area (Å²) in [5.41, 5.74) is 3.62. The van der Waals surface area contributed by atoms with E-state index in [4.69, 9.17) is 9.72 Å². The summed E-state index contributed by atoms with van der Waals surface area (Å²) < 4.78 is 6.54. The summed E-state index contributed by atoms with van der Waals surface area (Å²) in [4.78, 5) is 4.71. The number of ether oxygens (including phenoxy) is 1. The summed E-state index contributed by atoms with van der Waals surface area (Å²) in [5, 5.41) is 1.13. The number of methoxy groups -OCH3 is 1. The van der Waals surface area contributed by atoms with Crippen molar-refractivity contribution >= 4 is 21.6 Å². The zero-order valence-electron chi connectivity index (χ0n) is 11.0. The van der Waals surface area contributed by atoms with E-state index in [2.05, 4.69) is 37.3 Å². The second-order valence-corrected chi connectivity index (χ2v) is 5.63. The summed E-state index contributed by atoms with van der Waals surface area (Å²) in [6.07, 6.45) is 0.884. The molecule has 0 saturated carbocycles. The van der Waals surface area contributed by atoms with Gasteiger partial charge < -0.3 is 4.74 Å². The summed E-state index contributed by atoms with van der Waals surface area (Å²) in [6, 6.07) is 14.5. The van der Waals surface area contributed by atoms with Crippen molar-refractivity contribution in [1.82, 2.24) is 4.98 Å². The highest BCUT2D eigenvalue weighted by atomic mass is 32.1. The summed E-state index contributed by atoms with van der Waals surface area (Å²) in [5.74, 6) is 0.852. The number of benzene rings is 2. The Hall–Kier alpha value is -1.87. The number of hydrogen-bond donors (Lipinski definition) is 0. The topological polar surface area (TPSA) is 22.1 Å². The normalized spacial score (nSPS) is 10.8. The molecular weight excluding hydrogens is 254 g/mol. The smallest absolute Gasteiger partial charge is 0.145 e. The third kappa shape index (κ3) is 2.34. The van der Waals surface area contributed by atoms with Crippen LogP contribution >= 0.6 is 11.3 Å². The molecule has 0 fully saturated rings. The molecule has 0 radical (unpaired) electrons. The predicted molar refractivity (Wildman–Crippen MR) is 80.2 cm³/mol. The largest absolute Gasteiger partial charge is 0.494 e. The van der Waals surface area contributed by atoms with Crippen molar-refractivity contribution in [3.8, 4) is 5.75 Å². The zero-order valence-corrected chi connectivity index (χ0v) is 11.8. The van der Waals surface area contributed by atoms with Crippen LogP contribution in [0.2, 0.25) is 0 Å². The van der Waals surface area contributed by atoms with Gasteiger partial charge in [0.1, 0.15) is 11.3 Å². The van der Waals surface area contributed by atoms with Crippen LogP contribution in [-0.4, -0.2) is 12.1 Å². The number of rotatable bonds is 3. The molecule has 0 aliphatic rings. The van der Waals surface area contributed by atoms with E-state index in [0.717, 1.165) is 22.7 Å². The summed E-state index contributed by atoms with van der Waals surface area (Å²) in [6.45, 7) is 2.14. The van der Waals surface area contributed by atoms with Crippen molar-refractivity contribution in [3.05, 3.63) is 58.6 Å². The lowest BCUT2D eigenvalue weighted by molar-refractivity contribution is 0.419. The van der Waals surface area contributed by atoms with E-state index >= 15 is 0 Å². The molecule has 2 nitrogen and oxygen atoms in total. The molecule has 0 aliphatic carbocycles. The number of thiazole rings is 1. The lowest BCUT2D eigenvalue weighted by Crippen LogP contribution is -1.90. The summed E-state index contributed by atoms with van der Waals surface area (Å²) in [7, 11) is 1.69. The van der Waals surface area contributed by atoms with Crippen LogP contribution in [0.15, 0.2) is 42.5 Å². The number of aryl methyl sites for hydroxylation is 1. The van der Waals surface area contributed by atoms with Crippen LogP contribution in [0.1, 0.15) is 16.1 Å². The third-order valence-corrected chi connectivity index (χ3v) is 4.27. The van der Waals surface area contributed by atoms with E-state index in [1.807, 2.05) is 12.1 Å². The molecule has 0 saturated heterocycles. The van der Waals surface area contributed by atoms with Crippen molar-refractivity contribution in [3.63, 3.8) is 0 Å². The molecule has 3 heteroatoms. The average Bonchev–Trinajstić information content (AvgIpc) is 2.83. The molecule has 0 unspecified atom stereocenters. The van der Waals surface area contributed by atoms with Gasteiger partial charge in [0.05, 0.1) is 16.8 Å². The van der Waals surface area contributed by atoms with E-state index in [0.29, 0.717) is 0 Å². The number of hydrogen-bond acceptors (Lipinski definition) is 3. The molecule has 0 atom stereocenters. The zero-order chi connectivity index (χ0) is 13.2. The van der Waals surface area contributed by atoms with Crippen LogP contribution in [0.5, 0.6) is 5.75 Å². The molecule has 0 amide bonds. The molecule has 0 aliphatic heterocycles. The Morgan fingerprint density at radius 3 is 2.74 bits per heavy atom. The number of aromatic nitrogens is 1. The first-order valence-corrected chi connectivity index (χ1v) is 7.06. The van der Waals surface area contributed by atoms with Gasteiger partial charge >= 0.3 is 0 Å². The van der Waals surface area contributed by atoms with Crippen molar-refractivity contribution in [2.75, 3.05) is 7.11 Å². The van der Waals surface area contributed by atoms with Gasteiger partial charge in [-0.2, -0.15) is 0 Å². The molecule has 0 spiro atoms. The van der Waals surface area contributed by atoms with Crippen molar-refractivity contribution < 1.29 is 4.74 Å². The molecule has 3 aromatic rings. The summed E-state index contributed by atoms with van der Waals surface area (Å²) >= 11 is 1.74. The van der Waals surface area contributed by atoms with Crippen LogP contribution in [-0.2, 0) is 6.42 Å². The van der Waals surface area contributed by atoms with Crippen LogP contribution in [0.4, 0.5) is 0 Å². The highest BCUT2D eigenvalue weighted by molar-refractivity contribution is 7.18. The average molecular weight is 269 g/mol. The maximum atomic E-state index is 5.36. The van der Waals surface area contributed by atoms with E-state index in [-0.39, 0.29) is 0 Å². The number of nitrogens with zero attached hydrogens (tertiary/aromatic N) is 1. The van der Waals surface area contributed by atoms with Crippen molar-refractivity contribution in [2.45, 2.75) is 13.3 Å². The fraction of sp³-hybridized carbons (Fsp3) is 0.188. The van der Waals surface area contributed by atoms with Crippen LogP contribution in [0.3, 0.4) is 0 Å². The van der Waals surface area contributed by atoms with Crippen LogP contribution < -0.4 is 4.74 Å². The molecule has 0 N–H and O–H groups in total. The second-order valence-electron chi connectivity index (χ2n) is 4.52. The Kier molecular flexibility index (Phi) is 3.22. The minimum Gasteiger partial charge on any atom is -0.494 e. The fourth-order valence-electron chi connectivity index (χ4n) is 2.18. The lowest BCUT2D eigenvalue weighted by atomic mass is 10.1. The molecule has 1 heterocycles. The van der Waals surface area contributed by atoms with E-state index in [9.17, 15) is 0 Å². The number of para-hydroxylation sites is 1. The first kappa shape index (κ1) is 12.2. The predicted octanol–water partition coefficient (Wildman–Crippen LogP) is 4.20. The third-order valence-electron chi connectivity index (χ3n) is 3.25. The Morgan fingerprint density at radius 2 is 1.95 bits per heavy atom. The molecular formula is C16H15NOS. The number of fused-ring (bicyclic) bond motifs is 1. The fourth-order valence-corrected chi connectivity index (χ4v) is 3.19. The quantitative estimate of drug-likeness (QED) is 0.710. The Balaban J connectivity index is 2.00. The van der Waals surface area contributed by atoms with E-state index in [1.165, 1.54) is 15.8 Å². The minimum absolute atomic E-state index is 0.852. The van der Waals surface area contributed by atoms with Crippen molar-refractivity contribution in [1.29, 1.82) is 0 Å². The van der Waals surface area contributed by atoms with Gasteiger partial charge in [0.25, 0.3) is 0 Å². The van der Waals surface area contributed by atoms with Gasteiger partial charge in [0, 0.05) is 6.42 Å². The lowest BCUT2D eigenvalue weighted by Gasteiger charge is -2.02. The van der Waals surface area contributed by atoms with Crippen LogP contribution in [0.25, 0.3) is 10.2 Å². The van der Waals surface area contributed by atoms with E-state index in [1.54, 1.807) is 18.4 Å². The van der Waals surface area contributed by atoms with Gasteiger partial charge in [0.2, 0.25) is 0 Å². The van der Waals surface area contributed by atoms with Crippen molar-refractivity contribution in [2.24, 2.45) is 0 Å². The monoisotopic (exact) mass is 269 g/mol. The standard InChI is InChI=1S/C16H15NOS/c1-11-6-3-4-7-12(11)10-15-17-16-13(18-2)8-5-9-14(16)19-15/h3-9H,10H2,1-2H3. The maximum Gasteiger partial charge on any atom is 0.145 e. The van der Waals surface area contributed by atoms with E-state index < -0.39 is 0 Å². The Labute approximate surface area is 116 Å². The maximum absolute atomic E-state index is 5.36. The second kappa shape index (κ2) is 5.02. The molecule has 19 heavy (non-hydrogen) atoms. The highest BCUT2D eigenvalue weighted by Gasteiger charge is 2.09. The van der Waals surface area contributed by atoms with Gasteiger partial charge in [0.15, 0.2) is 0 Å². The SMILES string of the molecule is COc1cccc2sc(Cc3ccccc3C)nc12. The molecule has 2 aromatic carbocycles. The van der Waals surface area contributed by atoms with Gasteiger partial charge in [-0.15, -0.1) is 11.3 Å². The minimum atomic E-state index is 0.852. The van der Waals surface area contributed by atoms with Gasteiger partial charge in [-0.3, -0.25) is 0 Å². The molecule has 96 valence electrons. The molecule has 3 rings (SSSR count). The Bertz CT molecular complexity index is 718. The van der Waals surface area contributed by atoms with Gasteiger partial charge in [-0.05, 0) is 30.2 Å². The first-order valence-electron chi connectivity index (χ1n) is 6.25. The Morgan fingerprint density at radius 1 is 1.11 bits per heavy atom. The molecule has 0 bridgehead atoms.